The third kappa shape index (κ3) is 4.67. The van der Waals surface area contributed by atoms with Gasteiger partial charge in [0.05, 0.1) is 36.4 Å². The predicted octanol–water partition coefficient (Wildman–Crippen LogP) is 5.27. The zero-order valence-corrected chi connectivity index (χ0v) is 25.5. The van der Waals surface area contributed by atoms with Gasteiger partial charge < -0.3 is 24.8 Å². The molecule has 4 aliphatic rings. The molecule has 1 aromatic heterocycles. The zero-order chi connectivity index (χ0) is 31.7. The van der Waals surface area contributed by atoms with Crippen molar-refractivity contribution in [2.75, 3.05) is 50.9 Å². The number of halogens is 4. The lowest BCUT2D eigenvalue weighted by atomic mass is 9.91. The van der Waals surface area contributed by atoms with Gasteiger partial charge in [-0.15, -0.1) is 0 Å². The van der Waals surface area contributed by atoms with Crippen LogP contribution in [0.15, 0.2) is 30.3 Å². The van der Waals surface area contributed by atoms with Gasteiger partial charge in [0.2, 0.25) is 0 Å². The molecule has 4 saturated heterocycles. The van der Waals surface area contributed by atoms with Crippen molar-refractivity contribution in [2.45, 2.75) is 56.4 Å². The Kier molecular flexibility index (Phi) is 7.22. The molecule has 2 unspecified atom stereocenters. The number of rotatable bonds is 6. The maximum Gasteiger partial charge on any atom is 0.319 e. The minimum atomic E-state index is -0.969. The number of nitrogens with zero attached hydrogens (tertiary/aromatic N) is 4. The number of benzene rings is 3. The molecule has 0 aliphatic carbocycles. The first kappa shape index (κ1) is 29.6. The van der Waals surface area contributed by atoms with Crippen LogP contribution in [0.2, 0.25) is 0 Å². The molecule has 4 aliphatic heterocycles. The summed E-state index contributed by atoms with van der Waals surface area (Å²) < 4.78 is 74.8. The van der Waals surface area contributed by atoms with E-state index in [2.05, 4.69) is 15.2 Å². The van der Waals surface area contributed by atoms with Gasteiger partial charge in [-0.1, -0.05) is 13.0 Å². The lowest BCUT2D eigenvalue weighted by Crippen LogP contribution is -2.64. The number of nitrogens with one attached hydrogen (secondary N) is 1. The number of hydrogen-bond donors (Lipinski definition) is 2. The summed E-state index contributed by atoms with van der Waals surface area (Å²) in [5, 5.41) is 14.9. The van der Waals surface area contributed by atoms with Gasteiger partial charge in [-0.2, -0.15) is 9.97 Å². The predicted molar refractivity (Wildman–Crippen MR) is 166 cm³/mol. The molecule has 46 heavy (non-hydrogen) atoms. The highest BCUT2D eigenvalue weighted by molar-refractivity contribution is 6.03. The third-order valence-corrected chi connectivity index (χ3v) is 10.3. The van der Waals surface area contributed by atoms with E-state index in [0.29, 0.717) is 55.9 Å². The number of phenols is 1. The minimum Gasteiger partial charge on any atom is -0.508 e. The maximum absolute atomic E-state index is 17.0. The Hall–Kier alpha value is -3.74. The second kappa shape index (κ2) is 11.2. The van der Waals surface area contributed by atoms with Gasteiger partial charge in [0, 0.05) is 31.4 Å². The SMILES string of the molecule is CCc1c(F)ccc2cc(O)cc(-c3c(F)cc4c(N5C6CNCC5COC6)nc(OC[C@@]56CCCN5C[C@H](F)C6)nc4c3F)c12. The molecule has 3 aromatic carbocycles. The number of aromatic nitrogens is 2. The fraction of sp³-hybridized carbons (Fsp3) is 0.471. The van der Waals surface area contributed by atoms with Crippen molar-refractivity contribution in [3.63, 3.8) is 0 Å². The van der Waals surface area contributed by atoms with Crippen molar-refractivity contribution in [1.29, 1.82) is 0 Å². The standard InChI is InChI=1S/C34H35F4N5O3/c1-2-23-26(36)5-4-18-8-22(44)9-24(28(18)23)29-27(37)10-25-31(30(29)38)40-33(46-17-34-6-3-7-42(34)14-19(35)11-34)41-32(25)43-20-12-39-13-21(43)16-45-15-20/h4-5,8-10,19-21,39,44H,2-3,6-7,11-17H2,1H3/t19-,20?,21?,34+/m1/s1. The molecular weight excluding hydrogens is 602 g/mol. The highest BCUT2D eigenvalue weighted by Gasteiger charge is 2.49. The van der Waals surface area contributed by atoms with Crippen molar-refractivity contribution < 1.29 is 32.1 Å². The van der Waals surface area contributed by atoms with E-state index in [4.69, 9.17) is 14.5 Å². The Balaban J connectivity index is 1.32. The summed E-state index contributed by atoms with van der Waals surface area (Å²) in [6, 6.07) is 6.33. The molecular formula is C34H35F4N5O3. The first-order valence-corrected chi connectivity index (χ1v) is 16.0. The second-order valence-electron chi connectivity index (χ2n) is 13.0. The van der Waals surface area contributed by atoms with Crippen LogP contribution in [0.25, 0.3) is 32.8 Å². The van der Waals surface area contributed by atoms with Crippen LogP contribution in [0.3, 0.4) is 0 Å². The summed E-state index contributed by atoms with van der Waals surface area (Å²) in [6.07, 6.45) is 1.37. The molecule has 4 atom stereocenters. The number of phenolic OH excluding ortho intramolecular Hbond substituents is 1. The van der Waals surface area contributed by atoms with Crippen LogP contribution in [0.1, 0.15) is 31.7 Å². The third-order valence-electron chi connectivity index (χ3n) is 10.3. The summed E-state index contributed by atoms with van der Waals surface area (Å²) >= 11 is 0. The summed E-state index contributed by atoms with van der Waals surface area (Å²) in [6.45, 7) is 5.05. The molecule has 242 valence electrons. The molecule has 4 fully saturated rings. The van der Waals surface area contributed by atoms with Crippen LogP contribution in [-0.2, 0) is 11.2 Å². The number of fused-ring (bicyclic) bond motifs is 5. The number of morpholine rings is 1. The molecule has 4 aromatic rings. The molecule has 0 saturated carbocycles. The first-order chi connectivity index (χ1) is 22.3. The summed E-state index contributed by atoms with van der Waals surface area (Å²) in [5.74, 6) is -2.23. The Morgan fingerprint density at radius 3 is 2.67 bits per heavy atom. The fourth-order valence-corrected chi connectivity index (χ4v) is 8.23. The van der Waals surface area contributed by atoms with Crippen LogP contribution in [0.4, 0.5) is 23.4 Å². The molecule has 2 N–H and O–H groups in total. The average molecular weight is 638 g/mol. The Labute approximate surface area is 263 Å². The van der Waals surface area contributed by atoms with Crippen LogP contribution in [-0.4, -0.2) is 89.8 Å². The molecule has 8 nitrogen and oxygen atoms in total. The van der Waals surface area contributed by atoms with Crippen molar-refractivity contribution in [2.24, 2.45) is 0 Å². The van der Waals surface area contributed by atoms with Gasteiger partial charge in [-0.25, -0.2) is 17.6 Å². The van der Waals surface area contributed by atoms with Crippen LogP contribution >= 0.6 is 0 Å². The van der Waals surface area contributed by atoms with Gasteiger partial charge >= 0.3 is 6.01 Å². The normalized spacial score (nSPS) is 26.3. The Bertz CT molecular complexity index is 1840. The molecule has 5 heterocycles. The zero-order valence-electron chi connectivity index (χ0n) is 25.5. The average Bonchev–Trinajstić information content (AvgIpc) is 3.55. The van der Waals surface area contributed by atoms with E-state index in [0.717, 1.165) is 19.4 Å². The summed E-state index contributed by atoms with van der Waals surface area (Å²) in [4.78, 5) is 13.4. The van der Waals surface area contributed by atoms with Crippen LogP contribution in [0, 0.1) is 17.5 Å². The van der Waals surface area contributed by atoms with Crippen molar-refractivity contribution >= 4 is 27.5 Å². The monoisotopic (exact) mass is 637 g/mol. The van der Waals surface area contributed by atoms with E-state index >= 15 is 8.78 Å². The topological polar surface area (TPSA) is 83.0 Å². The largest absolute Gasteiger partial charge is 0.508 e. The highest BCUT2D eigenvalue weighted by atomic mass is 19.1. The molecule has 0 radical (unpaired) electrons. The number of hydrogen-bond acceptors (Lipinski definition) is 8. The van der Waals surface area contributed by atoms with Gasteiger partial charge in [-0.3, -0.25) is 4.90 Å². The summed E-state index contributed by atoms with van der Waals surface area (Å²) in [5.41, 5.74) is -0.750. The van der Waals surface area contributed by atoms with E-state index in [1.54, 1.807) is 6.92 Å². The number of ether oxygens (including phenoxy) is 2. The molecule has 0 spiro atoms. The Morgan fingerprint density at radius 2 is 1.89 bits per heavy atom. The smallest absolute Gasteiger partial charge is 0.319 e. The minimum absolute atomic E-state index is 0.0266. The Morgan fingerprint density at radius 1 is 1.09 bits per heavy atom. The molecule has 2 bridgehead atoms. The maximum atomic E-state index is 17.0. The van der Waals surface area contributed by atoms with E-state index in [1.807, 2.05) is 4.90 Å². The number of aryl methyl sites for hydroxylation is 1. The van der Waals surface area contributed by atoms with Gasteiger partial charge in [0.1, 0.15) is 41.5 Å². The van der Waals surface area contributed by atoms with Gasteiger partial charge in [0.15, 0.2) is 5.82 Å². The lowest BCUT2D eigenvalue weighted by molar-refractivity contribution is 0.0522. The first-order valence-electron chi connectivity index (χ1n) is 16.0. The quantitative estimate of drug-likeness (QED) is 0.277. The molecule has 12 heteroatoms. The van der Waals surface area contributed by atoms with Gasteiger partial charge in [-0.05, 0) is 72.0 Å². The number of piperazine rings is 1. The van der Waals surface area contributed by atoms with Crippen LogP contribution < -0.4 is 15.0 Å². The van der Waals surface area contributed by atoms with Gasteiger partial charge in [0.25, 0.3) is 0 Å². The van der Waals surface area contributed by atoms with Crippen molar-refractivity contribution in [3.05, 3.63) is 53.3 Å². The van der Waals surface area contributed by atoms with E-state index < -0.39 is 34.7 Å². The second-order valence-corrected chi connectivity index (χ2v) is 13.0. The molecule has 8 rings (SSSR count). The molecule has 0 amide bonds. The van der Waals surface area contributed by atoms with E-state index in [1.165, 1.54) is 30.3 Å². The number of anilines is 1. The lowest BCUT2D eigenvalue weighted by Gasteiger charge is -2.47. The van der Waals surface area contributed by atoms with Crippen molar-refractivity contribution in [3.8, 4) is 22.9 Å². The number of aromatic hydroxyl groups is 1. The van der Waals surface area contributed by atoms with Crippen LogP contribution in [0.5, 0.6) is 11.8 Å². The van der Waals surface area contributed by atoms with E-state index in [9.17, 15) is 13.9 Å². The summed E-state index contributed by atoms with van der Waals surface area (Å²) in [7, 11) is 0. The highest BCUT2D eigenvalue weighted by Crippen LogP contribution is 2.44. The number of alkyl halides is 1. The van der Waals surface area contributed by atoms with Crippen molar-refractivity contribution in [1.82, 2.24) is 20.2 Å². The fourth-order valence-electron chi connectivity index (χ4n) is 8.23. The van der Waals surface area contributed by atoms with E-state index in [-0.39, 0.29) is 58.9 Å².